The first-order valence-corrected chi connectivity index (χ1v) is 8.99. The number of ether oxygens (including phenoxy) is 1. The summed E-state index contributed by atoms with van der Waals surface area (Å²) in [5.41, 5.74) is 1.44. The second-order valence-corrected chi connectivity index (χ2v) is 6.49. The molecule has 0 amide bonds. The van der Waals surface area contributed by atoms with Crippen LogP contribution < -0.4 is 4.73 Å². The third-order valence-electron chi connectivity index (χ3n) is 4.20. The smallest absolute Gasteiger partial charge is 0.338 e. The molecule has 138 valence electrons. The Bertz CT molecular complexity index is 1000. The van der Waals surface area contributed by atoms with Gasteiger partial charge in [-0.15, -0.1) is 0 Å². The van der Waals surface area contributed by atoms with Crippen molar-refractivity contribution in [3.05, 3.63) is 81.6 Å². The van der Waals surface area contributed by atoms with Gasteiger partial charge in [-0.3, -0.25) is 4.79 Å². The van der Waals surface area contributed by atoms with E-state index in [1.165, 1.54) is 6.20 Å². The van der Waals surface area contributed by atoms with E-state index >= 15 is 0 Å². The first-order valence-electron chi connectivity index (χ1n) is 8.61. The molecule has 0 saturated carbocycles. The zero-order valence-electron chi connectivity index (χ0n) is 14.8. The highest BCUT2D eigenvalue weighted by Crippen LogP contribution is 2.28. The number of pyridine rings is 1. The van der Waals surface area contributed by atoms with E-state index in [0.29, 0.717) is 34.1 Å². The lowest BCUT2D eigenvalue weighted by atomic mass is 10.0. The Kier molecular flexibility index (Phi) is 5.72. The zero-order valence-corrected chi connectivity index (χ0v) is 15.5. The van der Waals surface area contributed by atoms with Gasteiger partial charge in [-0.1, -0.05) is 42.8 Å². The van der Waals surface area contributed by atoms with Gasteiger partial charge in [-0.25, -0.2) is 4.79 Å². The Labute approximate surface area is 161 Å². The average Bonchev–Trinajstić information content (AvgIpc) is 2.69. The standard InChI is InChI=1S/C21H18ClNO4/c1-2-7-18(24)17-12-23(26)20-15(10-6-11-16(20)19(17)22)13-27-21(25)14-8-4-3-5-9-14/h3-6,8-12H,2,7,13H2,1H3. The van der Waals surface area contributed by atoms with Crippen LogP contribution in [0.15, 0.2) is 54.7 Å². The van der Waals surface area contributed by atoms with Crippen molar-refractivity contribution >= 4 is 34.3 Å². The van der Waals surface area contributed by atoms with Gasteiger partial charge in [0.25, 0.3) is 0 Å². The van der Waals surface area contributed by atoms with E-state index in [0.717, 1.165) is 0 Å². The van der Waals surface area contributed by atoms with Gasteiger partial charge in [0.05, 0.1) is 21.5 Å². The largest absolute Gasteiger partial charge is 0.618 e. The molecule has 3 aromatic rings. The number of hydrogen-bond acceptors (Lipinski definition) is 4. The Morgan fingerprint density at radius 1 is 1.11 bits per heavy atom. The van der Waals surface area contributed by atoms with Crippen molar-refractivity contribution in [2.75, 3.05) is 0 Å². The maximum absolute atomic E-state index is 12.6. The molecule has 0 spiro atoms. The van der Waals surface area contributed by atoms with Gasteiger partial charge in [-0.2, -0.15) is 4.73 Å². The maximum Gasteiger partial charge on any atom is 0.338 e. The second kappa shape index (κ2) is 8.18. The van der Waals surface area contributed by atoms with Gasteiger partial charge in [-0.05, 0) is 30.7 Å². The highest BCUT2D eigenvalue weighted by atomic mass is 35.5. The van der Waals surface area contributed by atoms with Crippen LogP contribution >= 0.6 is 11.6 Å². The molecule has 6 heteroatoms. The van der Waals surface area contributed by atoms with E-state index in [-0.39, 0.29) is 28.5 Å². The van der Waals surface area contributed by atoms with Crippen LogP contribution in [0, 0.1) is 5.21 Å². The van der Waals surface area contributed by atoms with Crippen molar-refractivity contribution in [2.45, 2.75) is 26.4 Å². The molecule has 0 bridgehead atoms. The van der Waals surface area contributed by atoms with E-state index in [9.17, 15) is 14.8 Å². The fraction of sp³-hybridized carbons (Fsp3) is 0.190. The van der Waals surface area contributed by atoms with Crippen LogP contribution in [0.2, 0.25) is 5.02 Å². The third-order valence-corrected chi connectivity index (χ3v) is 4.61. The lowest BCUT2D eigenvalue weighted by molar-refractivity contribution is -0.577. The minimum Gasteiger partial charge on any atom is -0.618 e. The van der Waals surface area contributed by atoms with Crippen LogP contribution in [-0.2, 0) is 11.3 Å². The molecule has 0 fully saturated rings. The molecule has 0 aliphatic rings. The highest BCUT2D eigenvalue weighted by molar-refractivity contribution is 6.38. The molecule has 5 nitrogen and oxygen atoms in total. The number of aromatic nitrogens is 1. The maximum atomic E-state index is 12.6. The van der Waals surface area contributed by atoms with Crippen molar-refractivity contribution in [1.29, 1.82) is 0 Å². The number of carbonyl (C=O) groups is 2. The van der Waals surface area contributed by atoms with E-state index in [4.69, 9.17) is 16.3 Å². The number of fused-ring (bicyclic) bond motifs is 1. The molecular formula is C21H18ClNO4. The number of benzene rings is 2. The summed E-state index contributed by atoms with van der Waals surface area (Å²) in [6, 6.07) is 13.7. The summed E-state index contributed by atoms with van der Waals surface area (Å²) < 4.78 is 5.95. The monoisotopic (exact) mass is 383 g/mol. The van der Waals surface area contributed by atoms with Gasteiger partial charge < -0.3 is 9.94 Å². The van der Waals surface area contributed by atoms with Crippen LogP contribution in [0.3, 0.4) is 0 Å². The fourth-order valence-electron chi connectivity index (χ4n) is 2.89. The van der Waals surface area contributed by atoms with Crippen molar-refractivity contribution in [1.82, 2.24) is 0 Å². The number of carbonyl (C=O) groups excluding carboxylic acids is 2. The molecule has 0 aliphatic heterocycles. The predicted molar refractivity (Wildman–Crippen MR) is 103 cm³/mol. The van der Waals surface area contributed by atoms with Crippen LogP contribution in [-0.4, -0.2) is 11.8 Å². The molecule has 3 rings (SSSR count). The minimum atomic E-state index is -0.481. The van der Waals surface area contributed by atoms with Crippen LogP contribution in [0.25, 0.3) is 10.9 Å². The lowest BCUT2D eigenvalue weighted by Crippen LogP contribution is -2.30. The first kappa shape index (κ1) is 18.9. The van der Waals surface area contributed by atoms with E-state index in [1.54, 1.807) is 48.5 Å². The van der Waals surface area contributed by atoms with E-state index in [1.807, 2.05) is 6.92 Å². The van der Waals surface area contributed by atoms with Crippen LogP contribution in [0.5, 0.6) is 0 Å². The Hall–Kier alpha value is -2.92. The van der Waals surface area contributed by atoms with Crippen molar-refractivity contribution in [3.63, 3.8) is 0 Å². The molecule has 0 unspecified atom stereocenters. The van der Waals surface area contributed by atoms with E-state index < -0.39 is 5.97 Å². The SMILES string of the molecule is CCCC(=O)c1c[n+]([O-])c2c(COC(=O)c3ccccc3)cccc2c1Cl. The van der Waals surface area contributed by atoms with Gasteiger partial charge in [0.2, 0.25) is 5.52 Å². The average molecular weight is 384 g/mol. The summed E-state index contributed by atoms with van der Waals surface area (Å²) >= 11 is 6.39. The number of ketones is 1. The normalized spacial score (nSPS) is 10.7. The molecule has 27 heavy (non-hydrogen) atoms. The zero-order chi connectivity index (χ0) is 19.4. The van der Waals surface area contributed by atoms with Gasteiger partial charge in [0.15, 0.2) is 12.0 Å². The lowest BCUT2D eigenvalue weighted by Gasteiger charge is -2.11. The number of esters is 1. The summed E-state index contributed by atoms with van der Waals surface area (Å²) in [6.07, 6.45) is 2.19. The Balaban J connectivity index is 1.94. The summed E-state index contributed by atoms with van der Waals surface area (Å²) in [5, 5.41) is 13.3. The molecule has 1 heterocycles. The van der Waals surface area contributed by atoms with Crippen molar-refractivity contribution < 1.29 is 19.1 Å². The molecule has 0 saturated heterocycles. The van der Waals surface area contributed by atoms with E-state index in [2.05, 4.69) is 0 Å². The van der Waals surface area contributed by atoms with Crippen molar-refractivity contribution in [3.8, 4) is 0 Å². The minimum absolute atomic E-state index is 0.0775. The molecule has 0 aliphatic carbocycles. The summed E-state index contributed by atoms with van der Waals surface area (Å²) in [7, 11) is 0. The van der Waals surface area contributed by atoms with Crippen LogP contribution in [0.1, 0.15) is 46.0 Å². The quantitative estimate of drug-likeness (QED) is 0.272. The Morgan fingerprint density at radius 3 is 2.56 bits per heavy atom. The predicted octanol–water partition coefficient (Wildman–Crippen LogP) is 4.47. The molecule has 0 N–H and O–H groups in total. The van der Waals surface area contributed by atoms with Crippen LogP contribution in [0.4, 0.5) is 0 Å². The Morgan fingerprint density at radius 2 is 1.85 bits per heavy atom. The first-order chi connectivity index (χ1) is 13.0. The molecule has 0 atom stereocenters. The molecule has 0 radical (unpaired) electrons. The second-order valence-electron chi connectivity index (χ2n) is 6.11. The number of halogens is 1. The van der Waals surface area contributed by atoms with Gasteiger partial charge in [0.1, 0.15) is 12.2 Å². The highest BCUT2D eigenvalue weighted by Gasteiger charge is 2.21. The number of hydrogen-bond donors (Lipinski definition) is 0. The summed E-state index contributed by atoms with van der Waals surface area (Å²) in [6.45, 7) is 1.81. The number of rotatable bonds is 6. The number of nitrogens with zero attached hydrogens (tertiary/aromatic N) is 1. The summed E-state index contributed by atoms with van der Waals surface area (Å²) in [4.78, 5) is 24.4. The molecule has 2 aromatic carbocycles. The van der Waals surface area contributed by atoms with Gasteiger partial charge in [0, 0.05) is 6.42 Å². The molecular weight excluding hydrogens is 366 g/mol. The number of para-hydroxylation sites is 1. The third kappa shape index (κ3) is 3.93. The molecule has 1 aromatic heterocycles. The van der Waals surface area contributed by atoms with Crippen molar-refractivity contribution in [2.24, 2.45) is 0 Å². The summed E-state index contributed by atoms with van der Waals surface area (Å²) in [5.74, 6) is -0.652. The topological polar surface area (TPSA) is 70.3 Å². The van der Waals surface area contributed by atoms with Gasteiger partial charge >= 0.3 is 5.97 Å². The fourth-order valence-corrected chi connectivity index (χ4v) is 3.19. The number of Topliss-reactive ketones (excluding diaryl/α,β-unsaturated/α-hetero) is 1.